The molecule has 0 fully saturated rings. The van der Waals surface area contributed by atoms with E-state index in [1.165, 1.54) is 14.2 Å². The molecular formula is C9H12ClO4P. The second kappa shape index (κ2) is 4.99. The SMILES string of the molecule is COP(=O)(OC)Oc1c(C)cccc1Cl. The summed E-state index contributed by atoms with van der Waals surface area (Å²) >= 11 is 5.89. The summed E-state index contributed by atoms with van der Waals surface area (Å²) in [6.45, 7) is 1.79. The Hall–Kier alpha value is -0.540. The first-order valence-electron chi connectivity index (χ1n) is 4.18. The molecule has 1 aromatic rings. The first-order valence-corrected chi connectivity index (χ1v) is 6.02. The maximum absolute atomic E-state index is 11.7. The summed E-state index contributed by atoms with van der Waals surface area (Å²) in [5.74, 6) is 0.311. The topological polar surface area (TPSA) is 44.8 Å². The standard InChI is InChI=1S/C9H12ClO4P/c1-7-5-4-6-8(10)9(7)14-15(11,12-2)13-3/h4-6H,1-3H3. The predicted molar refractivity (Wildman–Crippen MR) is 58.4 cm³/mol. The zero-order valence-corrected chi connectivity index (χ0v) is 10.3. The van der Waals surface area contributed by atoms with Gasteiger partial charge in [-0.3, -0.25) is 9.05 Å². The highest BCUT2D eigenvalue weighted by Crippen LogP contribution is 2.50. The first-order chi connectivity index (χ1) is 7.02. The lowest BCUT2D eigenvalue weighted by atomic mass is 10.2. The molecule has 4 nitrogen and oxygen atoms in total. The van der Waals surface area contributed by atoms with Gasteiger partial charge in [0.2, 0.25) is 0 Å². The van der Waals surface area contributed by atoms with Crippen molar-refractivity contribution in [2.45, 2.75) is 6.92 Å². The third-order valence-electron chi connectivity index (χ3n) is 1.81. The molecule has 0 N–H and O–H groups in total. The molecule has 0 heterocycles. The van der Waals surface area contributed by atoms with Crippen LogP contribution in [0, 0.1) is 6.92 Å². The van der Waals surface area contributed by atoms with E-state index in [9.17, 15) is 4.57 Å². The fraction of sp³-hybridized carbons (Fsp3) is 0.333. The second-order valence-electron chi connectivity index (χ2n) is 2.79. The minimum Gasteiger partial charge on any atom is -0.402 e. The monoisotopic (exact) mass is 250 g/mol. The second-order valence-corrected chi connectivity index (χ2v) is 5.00. The Morgan fingerprint density at radius 3 is 2.33 bits per heavy atom. The fourth-order valence-corrected chi connectivity index (χ4v) is 2.07. The Morgan fingerprint density at radius 1 is 1.27 bits per heavy atom. The van der Waals surface area contributed by atoms with Crippen LogP contribution in [0.25, 0.3) is 0 Å². The van der Waals surface area contributed by atoms with Crippen LogP contribution in [0.15, 0.2) is 18.2 Å². The number of hydrogen-bond acceptors (Lipinski definition) is 4. The Kier molecular flexibility index (Phi) is 4.17. The van der Waals surface area contributed by atoms with Crippen molar-refractivity contribution in [3.8, 4) is 5.75 Å². The summed E-state index contributed by atoms with van der Waals surface area (Å²) in [6, 6.07) is 5.20. The van der Waals surface area contributed by atoms with Crippen LogP contribution in [0.3, 0.4) is 0 Å². The van der Waals surface area contributed by atoms with Crippen molar-refractivity contribution in [3.05, 3.63) is 28.8 Å². The number of benzene rings is 1. The van der Waals surface area contributed by atoms with Crippen LogP contribution in [0.4, 0.5) is 0 Å². The molecule has 0 aromatic heterocycles. The number of aryl methyl sites for hydroxylation is 1. The zero-order chi connectivity index (χ0) is 11.5. The lowest BCUT2D eigenvalue weighted by molar-refractivity contribution is 0.211. The number of hydrogen-bond donors (Lipinski definition) is 0. The molecule has 0 aliphatic heterocycles. The van der Waals surface area contributed by atoms with Gasteiger partial charge in [0.05, 0.1) is 5.02 Å². The normalized spacial score (nSPS) is 11.5. The Bertz CT molecular complexity index is 365. The number of rotatable bonds is 4. The van der Waals surface area contributed by atoms with Crippen molar-refractivity contribution >= 4 is 19.4 Å². The smallest absolute Gasteiger partial charge is 0.402 e. The Morgan fingerprint density at radius 2 is 1.87 bits per heavy atom. The van der Waals surface area contributed by atoms with Gasteiger partial charge in [-0.15, -0.1) is 0 Å². The van der Waals surface area contributed by atoms with Crippen LogP contribution in [0.5, 0.6) is 5.75 Å². The molecule has 15 heavy (non-hydrogen) atoms. The molecule has 0 aliphatic rings. The van der Waals surface area contributed by atoms with Crippen molar-refractivity contribution in [2.75, 3.05) is 14.2 Å². The number of halogens is 1. The molecule has 0 amide bonds. The highest BCUT2D eigenvalue weighted by molar-refractivity contribution is 7.48. The molecular weight excluding hydrogens is 239 g/mol. The number of phosphoric acid groups is 1. The van der Waals surface area contributed by atoms with Gasteiger partial charge in [0.25, 0.3) is 0 Å². The van der Waals surface area contributed by atoms with Gasteiger partial charge in [-0.25, -0.2) is 4.57 Å². The van der Waals surface area contributed by atoms with Crippen LogP contribution >= 0.6 is 19.4 Å². The Balaban J connectivity index is 3.03. The third-order valence-corrected chi connectivity index (χ3v) is 3.41. The van der Waals surface area contributed by atoms with Gasteiger partial charge in [-0.2, -0.15) is 0 Å². The van der Waals surface area contributed by atoms with Crippen molar-refractivity contribution in [2.24, 2.45) is 0 Å². The summed E-state index contributed by atoms with van der Waals surface area (Å²) in [5, 5.41) is 0.365. The summed E-state index contributed by atoms with van der Waals surface area (Å²) in [4.78, 5) is 0. The van der Waals surface area contributed by atoms with E-state index < -0.39 is 7.82 Å². The molecule has 6 heteroatoms. The van der Waals surface area contributed by atoms with Crippen LogP contribution in [-0.2, 0) is 13.6 Å². The molecule has 1 aromatic carbocycles. The zero-order valence-electron chi connectivity index (χ0n) is 8.69. The number of phosphoric ester groups is 1. The van der Waals surface area contributed by atoms with Gasteiger partial charge in [0.15, 0.2) is 5.75 Å². The van der Waals surface area contributed by atoms with Crippen molar-refractivity contribution < 1.29 is 18.1 Å². The van der Waals surface area contributed by atoms with E-state index in [2.05, 4.69) is 9.05 Å². The summed E-state index contributed by atoms with van der Waals surface area (Å²) in [7, 11) is -1.05. The quantitative estimate of drug-likeness (QED) is 0.768. The molecule has 0 bridgehead atoms. The molecule has 1 rings (SSSR count). The molecule has 0 unspecified atom stereocenters. The Labute approximate surface area is 93.7 Å². The average molecular weight is 251 g/mol. The maximum Gasteiger partial charge on any atom is 0.529 e. The first kappa shape index (κ1) is 12.5. The fourth-order valence-electron chi connectivity index (χ4n) is 0.993. The van der Waals surface area contributed by atoms with Gasteiger partial charge >= 0.3 is 7.82 Å². The molecule has 0 radical (unpaired) electrons. The van der Waals surface area contributed by atoms with E-state index in [1.54, 1.807) is 25.1 Å². The van der Waals surface area contributed by atoms with Crippen molar-refractivity contribution in [3.63, 3.8) is 0 Å². The minimum atomic E-state index is -3.54. The van der Waals surface area contributed by atoms with Crippen LogP contribution in [-0.4, -0.2) is 14.2 Å². The lowest BCUT2D eigenvalue weighted by Crippen LogP contribution is -1.99. The molecule has 0 aliphatic carbocycles. The van der Waals surface area contributed by atoms with Crippen molar-refractivity contribution in [1.29, 1.82) is 0 Å². The van der Waals surface area contributed by atoms with E-state index in [0.717, 1.165) is 5.56 Å². The van der Waals surface area contributed by atoms with E-state index in [4.69, 9.17) is 16.1 Å². The molecule has 0 spiro atoms. The van der Waals surface area contributed by atoms with E-state index in [1.807, 2.05) is 0 Å². The highest BCUT2D eigenvalue weighted by atomic mass is 35.5. The van der Waals surface area contributed by atoms with Crippen LogP contribution in [0.1, 0.15) is 5.56 Å². The van der Waals surface area contributed by atoms with Gasteiger partial charge in [0.1, 0.15) is 0 Å². The molecule has 84 valence electrons. The maximum atomic E-state index is 11.7. The van der Waals surface area contributed by atoms with Gasteiger partial charge < -0.3 is 4.52 Å². The summed E-state index contributed by atoms with van der Waals surface area (Å²) < 4.78 is 26.1. The average Bonchev–Trinajstić information content (AvgIpc) is 2.23. The molecule has 0 saturated heterocycles. The van der Waals surface area contributed by atoms with E-state index >= 15 is 0 Å². The highest BCUT2D eigenvalue weighted by Gasteiger charge is 2.26. The minimum absolute atomic E-state index is 0.311. The van der Waals surface area contributed by atoms with Crippen LogP contribution < -0.4 is 4.52 Å². The molecule has 0 atom stereocenters. The third kappa shape index (κ3) is 2.95. The largest absolute Gasteiger partial charge is 0.529 e. The van der Waals surface area contributed by atoms with E-state index in [0.29, 0.717) is 10.8 Å². The van der Waals surface area contributed by atoms with Gasteiger partial charge in [0, 0.05) is 14.2 Å². The van der Waals surface area contributed by atoms with Crippen LogP contribution in [0.2, 0.25) is 5.02 Å². The molecule has 0 saturated carbocycles. The van der Waals surface area contributed by atoms with Gasteiger partial charge in [-0.05, 0) is 18.6 Å². The predicted octanol–water partition coefficient (Wildman–Crippen LogP) is 3.43. The number of para-hydroxylation sites is 1. The van der Waals surface area contributed by atoms with Gasteiger partial charge in [-0.1, -0.05) is 23.7 Å². The summed E-state index contributed by atoms with van der Waals surface area (Å²) in [6.07, 6.45) is 0. The van der Waals surface area contributed by atoms with E-state index in [-0.39, 0.29) is 0 Å². The van der Waals surface area contributed by atoms with Crippen molar-refractivity contribution in [1.82, 2.24) is 0 Å². The lowest BCUT2D eigenvalue weighted by Gasteiger charge is -2.16. The summed E-state index contributed by atoms with van der Waals surface area (Å²) in [5.41, 5.74) is 0.761.